The number of benzene rings is 3. The van der Waals surface area contributed by atoms with Crippen molar-refractivity contribution in [2.75, 3.05) is 5.32 Å². The molecule has 0 aliphatic carbocycles. The lowest BCUT2D eigenvalue weighted by Crippen LogP contribution is -2.11. The number of rotatable bonds is 3. The molecule has 0 saturated heterocycles. The summed E-state index contributed by atoms with van der Waals surface area (Å²) in [6, 6.07) is 17.6. The molecule has 3 aromatic carbocycles. The molecule has 0 saturated carbocycles. The second kappa shape index (κ2) is 6.89. The summed E-state index contributed by atoms with van der Waals surface area (Å²) < 4.78 is 6.55. The van der Waals surface area contributed by atoms with Gasteiger partial charge in [0, 0.05) is 21.8 Å². The Bertz CT molecular complexity index is 1170. The number of phenolic OH excluding ortho intramolecular Hbond substituents is 1. The molecule has 0 aliphatic heterocycles. The van der Waals surface area contributed by atoms with E-state index in [9.17, 15) is 9.90 Å². The summed E-state index contributed by atoms with van der Waals surface area (Å²) in [4.78, 5) is 16.8. The maximum absolute atomic E-state index is 12.3. The van der Waals surface area contributed by atoms with Gasteiger partial charge in [0.15, 0.2) is 5.58 Å². The number of amides is 1. The van der Waals surface area contributed by atoms with Crippen molar-refractivity contribution in [1.29, 1.82) is 0 Å². The lowest BCUT2D eigenvalue weighted by Gasteiger charge is -2.08. The van der Waals surface area contributed by atoms with Gasteiger partial charge in [-0.2, -0.15) is 0 Å². The number of fused-ring (bicyclic) bond motifs is 1. The molecule has 0 fully saturated rings. The number of carbonyl (C=O) groups is 1. The fraction of sp³-hybridized carbons (Fsp3) is 0.0476. The van der Waals surface area contributed by atoms with Gasteiger partial charge in [-0.05, 0) is 55.0 Å². The molecule has 0 bridgehead atoms. The lowest BCUT2D eigenvalue weighted by atomic mass is 10.1. The minimum atomic E-state index is -0.263. The molecule has 0 radical (unpaired) electrons. The third kappa shape index (κ3) is 3.57. The first-order valence-corrected chi connectivity index (χ1v) is 9.06. The Hall–Kier alpha value is -3.12. The molecular weight excluding hydrogens is 408 g/mol. The molecule has 2 N–H and O–H groups in total. The number of hydrogen-bond acceptors (Lipinski definition) is 4. The lowest BCUT2D eigenvalue weighted by molar-refractivity contribution is 0.102. The van der Waals surface area contributed by atoms with Gasteiger partial charge in [0.1, 0.15) is 11.3 Å². The van der Waals surface area contributed by atoms with E-state index in [-0.39, 0.29) is 11.7 Å². The third-order valence-electron chi connectivity index (χ3n) is 4.12. The zero-order valence-corrected chi connectivity index (χ0v) is 15.9. The van der Waals surface area contributed by atoms with Gasteiger partial charge < -0.3 is 14.8 Å². The third-order valence-corrected chi connectivity index (χ3v) is 4.61. The second-order valence-corrected chi connectivity index (χ2v) is 7.10. The summed E-state index contributed by atoms with van der Waals surface area (Å²) in [6.07, 6.45) is 0. The second-order valence-electron chi connectivity index (χ2n) is 6.19. The van der Waals surface area contributed by atoms with Crippen LogP contribution in [0, 0.1) is 6.92 Å². The Morgan fingerprint density at radius 3 is 2.74 bits per heavy atom. The minimum Gasteiger partial charge on any atom is -0.507 e. The average molecular weight is 423 g/mol. The number of nitrogens with one attached hydrogen (secondary N) is 1. The quantitative estimate of drug-likeness (QED) is 0.455. The van der Waals surface area contributed by atoms with Crippen LogP contribution in [0.5, 0.6) is 5.75 Å². The molecule has 5 nitrogen and oxygen atoms in total. The molecule has 4 rings (SSSR count). The molecule has 27 heavy (non-hydrogen) atoms. The summed E-state index contributed by atoms with van der Waals surface area (Å²) in [5.41, 5.74) is 3.93. The van der Waals surface area contributed by atoms with Gasteiger partial charge in [-0.1, -0.05) is 28.1 Å². The van der Waals surface area contributed by atoms with Crippen molar-refractivity contribution in [2.24, 2.45) is 0 Å². The topological polar surface area (TPSA) is 75.4 Å². The standard InChI is InChI=1S/C21H15BrN2O3/c1-12-5-8-19-17(9-12)24-21(27-19)16-7-6-15(11-18(16)25)23-20(26)13-3-2-4-14(22)10-13/h2-11,25H,1H3,(H,23,26). The highest BCUT2D eigenvalue weighted by Gasteiger charge is 2.14. The summed E-state index contributed by atoms with van der Waals surface area (Å²) in [7, 11) is 0. The van der Waals surface area contributed by atoms with Crippen LogP contribution in [0.25, 0.3) is 22.6 Å². The van der Waals surface area contributed by atoms with Crippen LogP contribution < -0.4 is 5.32 Å². The van der Waals surface area contributed by atoms with Crippen molar-refractivity contribution >= 4 is 38.6 Å². The van der Waals surface area contributed by atoms with E-state index in [0.29, 0.717) is 28.3 Å². The Labute approximate surface area is 163 Å². The summed E-state index contributed by atoms with van der Waals surface area (Å²) in [5, 5.41) is 13.2. The number of hydrogen-bond donors (Lipinski definition) is 2. The number of halogens is 1. The number of aryl methyl sites for hydroxylation is 1. The molecule has 4 aromatic rings. The first-order chi connectivity index (χ1) is 13.0. The highest BCUT2D eigenvalue weighted by Crippen LogP contribution is 2.33. The summed E-state index contributed by atoms with van der Waals surface area (Å²) >= 11 is 3.34. The largest absolute Gasteiger partial charge is 0.507 e. The molecule has 1 amide bonds. The SMILES string of the molecule is Cc1ccc2oc(-c3ccc(NC(=O)c4cccc(Br)c4)cc3O)nc2c1. The normalized spacial score (nSPS) is 10.9. The van der Waals surface area contributed by atoms with Crippen LogP contribution in [0.2, 0.25) is 0 Å². The number of phenols is 1. The Balaban J connectivity index is 1.61. The molecule has 0 unspecified atom stereocenters. The van der Waals surface area contributed by atoms with E-state index >= 15 is 0 Å². The van der Waals surface area contributed by atoms with Crippen LogP contribution in [0.4, 0.5) is 5.69 Å². The highest BCUT2D eigenvalue weighted by atomic mass is 79.9. The predicted octanol–water partition coefficient (Wildman–Crippen LogP) is 5.52. The van der Waals surface area contributed by atoms with E-state index in [2.05, 4.69) is 26.2 Å². The molecule has 0 spiro atoms. The van der Waals surface area contributed by atoms with Crippen molar-refractivity contribution in [1.82, 2.24) is 4.98 Å². The maximum atomic E-state index is 12.3. The van der Waals surface area contributed by atoms with Gasteiger partial charge in [0.25, 0.3) is 5.91 Å². The first kappa shape index (κ1) is 17.3. The molecule has 6 heteroatoms. The van der Waals surface area contributed by atoms with Crippen LogP contribution in [-0.2, 0) is 0 Å². The van der Waals surface area contributed by atoms with E-state index in [0.717, 1.165) is 15.6 Å². The Morgan fingerprint density at radius 1 is 1.11 bits per heavy atom. The van der Waals surface area contributed by atoms with Crippen molar-refractivity contribution in [3.8, 4) is 17.2 Å². The smallest absolute Gasteiger partial charge is 0.255 e. The van der Waals surface area contributed by atoms with Crippen molar-refractivity contribution in [2.45, 2.75) is 6.92 Å². The monoisotopic (exact) mass is 422 g/mol. The average Bonchev–Trinajstić information content (AvgIpc) is 3.04. The summed E-state index contributed by atoms with van der Waals surface area (Å²) in [5.74, 6) is 0.0454. The number of nitrogens with zero attached hydrogens (tertiary/aromatic N) is 1. The van der Waals surface area contributed by atoms with Crippen LogP contribution in [0.3, 0.4) is 0 Å². The van der Waals surface area contributed by atoms with Crippen LogP contribution >= 0.6 is 15.9 Å². The summed E-state index contributed by atoms with van der Waals surface area (Å²) in [6.45, 7) is 1.98. The highest BCUT2D eigenvalue weighted by molar-refractivity contribution is 9.10. The Morgan fingerprint density at radius 2 is 1.96 bits per heavy atom. The van der Waals surface area contributed by atoms with Crippen LogP contribution in [-0.4, -0.2) is 16.0 Å². The molecular formula is C21H15BrN2O3. The zero-order chi connectivity index (χ0) is 19.0. The van der Waals surface area contributed by atoms with E-state index in [4.69, 9.17) is 4.42 Å². The molecule has 0 aliphatic rings. The fourth-order valence-electron chi connectivity index (χ4n) is 2.78. The van der Waals surface area contributed by atoms with Gasteiger partial charge in [0.2, 0.25) is 5.89 Å². The van der Waals surface area contributed by atoms with Gasteiger partial charge in [0.05, 0.1) is 5.56 Å². The molecule has 1 heterocycles. The number of aromatic nitrogens is 1. The zero-order valence-electron chi connectivity index (χ0n) is 14.4. The van der Waals surface area contributed by atoms with Gasteiger partial charge in [-0.15, -0.1) is 0 Å². The van der Waals surface area contributed by atoms with Gasteiger partial charge in [-0.3, -0.25) is 4.79 Å². The maximum Gasteiger partial charge on any atom is 0.255 e. The van der Waals surface area contributed by atoms with E-state index in [1.165, 1.54) is 6.07 Å². The van der Waals surface area contributed by atoms with Gasteiger partial charge >= 0.3 is 0 Å². The Kier molecular flexibility index (Phi) is 4.41. The van der Waals surface area contributed by atoms with Crippen molar-refractivity contribution in [3.63, 3.8) is 0 Å². The molecule has 1 aromatic heterocycles. The van der Waals surface area contributed by atoms with Crippen LogP contribution in [0.1, 0.15) is 15.9 Å². The molecule has 0 atom stereocenters. The van der Waals surface area contributed by atoms with E-state index in [1.807, 2.05) is 31.2 Å². The van der Waals surface area contributed by atoms with Crippen molar-refractivity contribution < 1.29 is 14.3 Å². The minimum absolute atomic E-state index is 0.0229. The number of anilines is 1. The first-order valence-electron chi connectivity index (χ1n) is 8.27. The number of aromatic hydroxyl groups is 1. The number of carbonyl (C=O) groups excluding carboxylic acids is 1. The number of oxazole rings is 1. The van der Waals surface area contributed by atoms with E-state index in [1.54, 1.807) is 30.3 Å². The molecule has 134 valence electrons. The van der Waals surface area contributed by atoms with Gasteiger partial charge in [-0.25, -0.2) is 4.98 Å². The predicted molar refractivity (Wildman–Crippen MR) is 108 cm³/mol. The van der Waals surface area contributed by atoms with Crippen LogP contribution in [0.15, 0.2) is 69.6 Å². The fourth-order valence-corrected chi connectivity index (χ4v) is 3.18. The van der Waals surface area contributed by atoms with E-state index < -0.39 is 0 Å². The van der Waals surface area contributed by atoms with Crippen molar-refractivity contribution in [3.05, 3.63) is 76.3 Å².